The molecule has 5 heterocycles. The standard InChI is InChI=1S/C87H85BN2O3/c1-82(2,3)55-31-26-52(27-32-55)76(53-28-33-56(34-29-53)83(4,5)6)54-30-40-61-64-46-63-65-47-66-60-24-20-21-25-72(60)92-80(66)79-77(65)88(90(71(63)50-75(64)91-73(61)44-54)59-38-35-57(36-39-59)84(7,8)9)81-78(67-48-68-69(49-74(67)93-81)87(15,16)43-42-86(68,13)14)89(79)70-41-37-58(85(10,11)12)45-62(70)51-22-18-17-19-23-51/h17-41,44-50,76H,42-43H2,1-16H3. The number of rotatable bonds is 6. The third-order valence-electron chi connectivity index (χ3n) is 21.5. The van der Waals surface area contributed by atoms with Gasteiger partial charge in [-0.2, -0.15) is 0 Å². The van der Waals surface area contributed by atoms with Crippen molar-refractivity contribution in [3.63, 3.8) is 0 Å². The van der Waals surface area contributed by atoms with E-state index < -0.39 is 6.85 Å². The van der Waals surface area contributed by atoms with Gasteiger partial charge < -0.3 is 23.0 Å². The molecular weight excluding hydrogens is 1130 g/mol. The Morgan fingerprint density at radius 3 is 1.54 bits per heavy atom. The molecule has 0 bridgehead atoms. The van der Waals surface area contributed by atoms with Gasteiger partial charge in [-0.3, -0.25) is 0 Å². The second-order valence-electron chi connectivity index (χ2n) is 32.8. The quantitative estimate of drug-likeness (QED) is 0.123. The molecule has 5 nitrogen and oxygen atoms in total. The summed E-state index contributed by atoms with van der Waals surface area (Å²) >= 11 is 0. The van der Waals surface area contributed by atoms with Crippen LogP contribution in [0.5, 0.6) is 0 Å². The SMILES string of the molecule is CC(C)(C)c1ccc(C(c2ccc(C(C)(C)C)cc2)c2ccc3c(c2)oc2cc4c(cc23)-c2cc3c(oc5ccccc53)c3c2B(c2oc5cc6c(cc5c2N3c2ccc(C(C)(C)C)cc2-c2ccccc2)C(C)(C)CCC6(C)C)N4c2ccc(C(C)(C)C)cc2)cc1. The molecule has 0 atom stereocenters. The van der Waals surface area contributed by atoms with Gasteiger partial charge >= 0.3 is 6.85 Å². The highest BCUT2D eigenvalue weighted by Crippen LogP contribution is 2.57. The zero-order valence-corrected chi connectivity index (χ0v) is 57.2. The molecule has 10 aromatic carbocycles. The molecule has 13 aromatic rings. The highest BCUT2D eigenvalue weighted by atomic mass is 16.3. The van der Waals surface area contributed by atoms with E-state index in [4.69, 9.17) is 13.3 Å². The number of nitrogens with zero attached hydrogens (tertiary/aromatic N) is 2. The Morgan fingerprint density at radius 2 is 0.914 bits per heavy atom. The summed E-state index contributed by atoms with van der Waals surface area (Å²) in [6, 6.07) is 73.9. The maximum atomic E-state index is 7.91. The second kappa shape index (κ2) is 20.3. The molecule has 464 valence electrons. The third kappa shape index (κ3) is 9.38. The normalized spacial score (nSPS) is 15.4. The maximum Gasteiger partial charge on any atom is 0.376 e. The van der Waals surface area contributed by atoms with Crippen molar-refractivity contribution >= 4 is 101 Å². The summed E-state index contributed by atoms with van der Waals surface area (Å²) in [4.78, 5) is 5.15. The molecule has 0 radical (unpaired) electrons. The lowest BCUT2D eigenvalue weighted by Gasteiger charge is -2.44. The third-order valence-corrected chi connectivity index (χ3v) is 21.5. The molecule has 0 fully saturated rings. The predicted octanol–water partition coefficient (Wildman–Crippen LogP) is 23.3. The van der Waals surface area contributed by atoms with Crippen molar-refractivity contribution in [1.29, 1.82) is 0 Å². The van der Waals surface area contributed by atoms with Crippen LogP contribution in [0.1, 0.15) is 180 Å². The Morgan fingerprint density at radius 1 is 0.387 bits per heavy atom. The summed E-state index contributed by atoms with van der Waals surface area (Å²) in [7, 11) is 0. The molecule has 0 saturated carbocycles. The lowest BCUT2D eigenvalue weighted by Crippen LogP contribution is -2.61. The van der Waals surface area contributed by atoms with E-state index in [1.165, 1.54) is 50.1 Å². The lowest BCUT2D eigenvalue weighted by molar-refractivity contribution is 0.332. The Labute approximate surface area is 549 Å². The van der Waals surface area contributed by atoms with Crippen LogP contribution in [0.3, 0.4) is 0 Å². The molecule has 2 aliphatic heterocycles. The smallest absolute Gasteiger partial charge is 0.376 e. The molecular formula is C87H85BN2O3. The van der Waals surface area contributed by atoms with Crippen molar-refractivity contribution in [3.05, 3.63) is 244 Å². The van der Waals surface area contributed by atoms with E-state index in [9.17, 15) is 0 Å². The fourth-order valence-electron chi connectivity index (χ4n) is 15.8. The van der Waals surface area contributed by atoms with Gasteiger partial charge in [0.25, 0.3) is 0 Å². The van der Waals surface area contributed by atoms with E-state index >= 15 is 0 Å². The monoisotopic (exact) mass is 1220 g/mol. The summed E-state index contributed by atoms with van der Waals surface area (Å²) in [5, 5.41) is 5.39. The van der Waals surface area contributed by atoms with E-state index in [2.05, 4.69) is 315 Å². The zero-order chi connectivity index (χ0) is 64.8. The zero-order valence-electron chi connectivity index (χ0n) is 57.2. The van der Waals surface area contributed by atoms with Crippen LogP contribution in [-0.4, -0.2) is 6.85 Å². The largest absolute Gasteiger partial charge is 0.466 e. The number of furan rings is 3. The van der Waals surface area contributed by atoms with E-state index in [1.54, 1.807) is 0 Å². The van der Waals surface area contributed by atoms with Crippen LogP contribution in [0.15, 0.2) is 207 Å². The minimum absolute atomic E-state index is 0.0269. The molecule has 0 amide bonds. The van der Waals surface area contributed by atoms with Crippen molar-refractivity contribution in [2.75, 3.05) is 9.71 Å². The van der Waals surface area contributed by atoms with Gasteiger partial charge in [-0.25, -0.2) is 0 Å². The van der Waals surface area contributed by atoms with Crippen molar-refractivity contribution < 1.29 is 13.3 Å². The Balaban J connectivity index is 1.01. The molecule has 0 saturated heterocycles. The summed E-state index contributed by atoms with van der Waals surface area (Å²) in [5.74, 6) is -0.0269. The van der Waals surface area contributed by atoms with Crippen LogP contribution in [0.25, 0.3) is 77.1 Å². The Kier molecular flexibility index (Phi) is 12.9. The van der Waals surface area contributed by atoms with Gasteiger partial charge in [0, 0.05) is 61.4 Å². The topological polar surface area (TPSA) is 45.9 Å². The highest BCUT2D eigenvalue weighted by molar-refractivity contribution is 6.93. The van der Waals surface area contributed by atoms with Crippen LogP contribution < -0.4 is 20.8 Å². The molecule has 0 spiro atoms. The van der Waals surface area contributed by atoms with Crippen LogP contribution in [0.4, 0.5) is 28.4 Å². The molecule has 3 aromatic heterocycles. The first-order valence-electron chi connectivity index (χ1n) is 33.8. The first-order valence-corrected chi connectivity index (χ1v) is 33.8. The van der Waals surface area contributed by atoms with Crippen molar-refractivity contribution in [2.45, 2.75) is 162 Å². The molecule has 93 heavy (non-hydrogen) atoms. The average molecular weight is 1220 g/mol. The fourth-order valence-corrected chi connectivity index (χ4v) is 15.8. The van der Waals surface area contributed by atoms with Crippen LogP contribution >= 0.6 is 0 Å². The molecule has 1 aliphatic carbocycles. The molecule has 16 rings (SSSR count). The summed E-state index contributed by atoms with van der Waals surface area (Å²) in [6.07, 6.45) is 2.19. The van der Waals surface area contributed by atoms with Gasteiger partial charge in [-0.1, -0.05) is 238 Å². The second-order valence-corrected chi connectivity index (χ2v) is 32.8. The van der Waals surface area contributed by atoms with Gasteiger partial charge in [0.15, 0.2) is 5.58 Å². The van der Waals surface area contributed by atoms with Gasteiger partial charge in [0.2, 0.25) is 0 Å². The molecule has 0 unspecified atom stereocenters. The fraction of sp³-hybridized carbons (Fsp3) is 0.287. The van der Waals surface area contributed by atoms with Crippen LogP contribution in [0.2, 0.25) is 0 Å². The minimum Gasteiger partial charge on any atom is -0.466 e. The van der Waals surface area contributed by atoms with E-state index in [-0.39, 0.29) is 38.4 Å². The van der Waals surface area contributed by atoms with E-state index in [0.717, 1.165) is 130 Å². The number of hydrogen-bond acceptors (Lipinski definition) is 5. The predicted molar refractivity (Wildman–Crippen MR) is 394 cm³/mol. The summed E-state index contributed by atoms with van der Waals surface area (Å²) in [5.41, 5.74) is 27.5. The average Bonchev–Trinajstić information content (AvgIpc) is 1.62. The Hall–Kier alpha value is -9.00. The Bertz CT molecular complexity index is 5120. The first-order chi connectivity index (χ1) is 44.1. The number of para-hydroxylation sites is 1. The maximum absolute atomic E-state index is 7.91. The van der Waals surface area contributed by atoms with E-state index in [0.29, 0.717) is 0 Å². The van der Waals surface area contributed by atoms with Crippen LogP contribution in [0, 0.1) is 0 Å². The van der Waals surface area contributed by atoms with Gasteiger partial charge in [0.05, 0.1) is 17.1 Å². The van der Waals surface area contributed by atoms with Gasteiger partial charge in [-0.05, 0) is 173 Å². The summed E-state index contributed by atoms with van der Waals surface area (Å²) < 4.78 is 22.8. The number of anilines is 5. The molecule has 0 N–H and O–H groups in total. The van der Waals surface area contributed by atoms with Crippen molar-refractivity contribution in [3.8, 4) is 22.3 Å². The number of hydrogen-bond donors (Lipinski definition) is 0. The van der Waals surface area contributed by atoms with E-state index in [1.807, 2.05) is 0 Å². The highest BCUT2D eigenvalue weighted by Gasteiger charge is 2.51. The van der Waals surface area contributed by atoms with Gasteiger partial charge in [0.1, 0.15) is 28.0 Å². The lowest BCUT2D eigenvalue weighted by atomic mass is 9.45. The molecule has 3 aliphatic rings. The number of fused-ring (bicyclic) bond motifs is 14. The summed E-state index contributed by atoms with van der Waals surface area (Å²) in [6.45, 7) is 36.8. The van der Waals surface area contributed by atoms with Crippen molar-refractivity contribution in [2.24, 2.45) is 0 Å². The minimum atomic E-state index is -0.449. The number of benzene rings is 10. The molecule has 6 heteroatoms. The van der Waals surface area contributed by atoms with Crippen molar-refractivity contribution in [1.82, 2.24) is 0 Å². The first kappa shape index (κ1) is 59.0. The van der Waals surface area contributed by atoms with Crippen LogP contribution in [-0.2, 0) is 32.5 Å². The van der Waals surface area contributed by atoms with Gasteiger partial charge in [-0.15, -0.1) is 0 Å².